The molecule has 0 atom stereocenters. The molecule has 0 saturated carbocycles. The van der Waals surface area contributed by atoms with Gasteiger partial charge in [-0.2, -0.15) is 4.31 Å². The van der Waals surface area contributed by atoms with Crippen LogP contribution in [-0.2, 0) is 14.8 Å². The van der Waals surface area contributed by atoms with Gasteiger partial charge in [-0.25, -0.2) is 18.0 Å². The predicted molar refractivity (Wildman–Crippen MR) is 109 cm³/mol. The van der Waals surface area contributed by atoms with Gasteiger partial charge in [0, 0.05) is 39.3 Å². The molecule has 1 aliphatic rings. The maximum absolute atomic E-state index is 12.7. The number of hydrogen-bond acceptors (Lipinski definition) is 5. The van der Waals surface area contributed by atoms with Crippen molar-refractivity contribution in [3.63, 3.8) is 0 Å². The number of nitrogens with one attached hydrogen (secondary N) is 2. The minimum atomic E-state index is -3.56. The smallest absolute Gasteiger partial charge is 0.407 e. The van der Waals surface area contributed by atoms with E-state index < -0.39 is 21.7 Å². The average Bonchev–Trinajstić information content (AvgIpc) is 2.64. The van der Waals surface area contributed by atoms with Crippen LogP contribution in [0.1, 0.15) is 26.3 Å². The third-order valence-corrected chi connectivity index (χ3v) is 6.17. The highest BCUT2D eigenvalue weighted by Crippen LogP contribution is 2.18. The Balaban J connectivity index is 1.75. The molecule has 1 fully saturated rings. The maximum Gasteiger partial charge on any atom is 0.407 e. The molecule has 2 N–H and O–H groups in total. The molecule has 0 unspecified atom stereocenters. The molecule has 2 rings (SSSR count). The second-order valence-electron chi connectivity index (χ2n) is 7.86. The SMILES string of the molecule is Cc1ccc(S(=O)(=O)N2CCN(C(=O)NCCNC(=O)OC(C)(C)C)CC2)cc1. The van der Waals surface area contributed by atoms with Crippen molar-refractivity contribution in [3.05, 3.63) is 29.8 Å². The van der Waals surface area contributed by atoms with Crippen molar-refractivity contribution in [1.29, 1.82) is 0 Å². The number of amides is 3. The van der Waals surface area contributed by atoms with E-state index in [0.29, 0.717) is 13.1 Å². The highest BCUT2D eigenvalue weighted by molar-refractivity contribution is 7.89. The quantitative estimate of drug-likeness (QED) is 0.695. The molecule has 1 aliphatic heterocycles. The molecule has 9 nitrogen and oxygen atoms in total. The topological polar surface area (TPSA) is 108 Å². The fraction of sp³-hybridized carbons (Fsp3) is 0.579. The number of carbonyl (C=O) groups excluding carboxylic acids is 2. The van der Waals surface area contributed by atoms with Crippen LogP contribution >= 0.6 is 0 Å². The zero-order chi connectivity index (χ0) is 21.7. The summed E-state index contributed by atoms with van der Waals surface area (Å²) in [5.41, 5.74) is 0.415. The van der Waals surface area contributed by atoms with Gasteiger partial charge in [0.15, 0.2) is 0 Å². The molecule has 162 valence electrons. The number of hydrogen-bond donors (Lipinski definition) is 2. The molecule has 3 amide bonds. The van der Waals surface area contributed by atoms with Crippen molar-refractivity contribution in [2.45, 2.75) is 38.2 Å². The molecule has 1 saturated heterocycles. The lowest BCUT2D eigenvalue weighted by Gasteiger charge is -2.34. The van der Waals surface area contributed by atoms with E-state index in [-0.39, 0.29) is 37.1 Å². The first-order valence-corrected chi connectivity index (χ1v) is 11.0. The summed E-state index contributed by atoms with van der Waals surface area (Å²) in [5.74, 6) is 0. The van der Waals surface area contributed by atoms with Gasteiger partial charge in [0.25, 0.3) is 0 Å². The van der Waals surface area contributed by atoms with E-state index in [9.17, 15) is 18.0 Å². The van der Waals surface area contributed by atoms with Crippen LogP contribution in [0.4, 0.5) is 9.59 Å². The molecule has 1 aromatic rings. The molecule has 0 radical (unpaired) electrons. The number of sulfonamides is 1. The van der Waals surface area contributed by atoms with Crippen molar-refractivity contribution < 1.29 is 22.7 Å². The van der Waals surface area contributed by atoms with Gasteiger partial charge in [-0.1, -0.05) is 17.7 Å². The summed E-state index contributed by atoms with van der Waals surface area (Å²) in [6.45, 7) is 8.78. The van der Waals surface area contributed by atoms with E-state index in [0.717, 1.165) is 5.56 Å². The van der Waals surface area contributed by atoms with Crippen molar-refractivity contribution in [2.75, 3.05) is 39.3 Å². The van der Waals surface area contributed by atoms with Gasteiger partial charge in [-0.3, -0.25) is 0 Å². The first kappa shape index (κ1) is 23.0. The van der Waals surface area contributed by atoms with Crippen molar-refractivity contribution >= 4 is 22.1 Å². The lowest BCUT2D eigenvalue weighted by atomic mass is 10.2. The molecule has 0 aromatic heterocycles. The van der Waals surface area contributed by atoms with Gasteiger partial charge in [-0.15, -0.1) is 0 Å². The Morgan fingerprint density at radius 3 is 2.10 bits per heavy atom. The second kappa shape index (κ2) is 9.45. The summed E-state index contributed by atoms with van der Waals surface area (Å²) < 4.78 is 31.9. The Labute approximate surface area is 172 Å². The Morgan fingerprint density at radius 1 is 1.00 bits per heavy atom. The summed E-state index contributed by atoms with van der Waals surface area (Å²) in [4.78, 5) is 25.6. The first-order valence-electron chi connectivity index (χ1n) is 9.55. The van der Waals surface area contributed by atoms with Crippen LogP contribution in [0.25, 0.3) is 0 Å². The van der Waals surface area contributed by atoms with Gasteiger partial charge in [0.2, 0.25) is 10.0 Å². The Bertz CT molecular complexity index is 810. The zero-order valence-electron chi connectivity index (χ0n) is 17.4. The number of ether oxygens (including phenoxy) is 1. The minimum Gasteiger partial charge on any atom is -0.444 e. The molecule has 1 heterocycles. The standard InChI is InChI=1S/C19H30N4O5S/c1-15-5-7-16(8-6-15)29(26,27)23-13-11-22(12-14-23)17(24)20-9-10-21-18(25)28-19(2,3)4/h5-8H,9-14H2,1-4H3,(H,20,24)(H,21,25). The Hall–Kier alpha value is -2.33. The van der Waals surface area contributed by atoms with E-state index in [4.69, 9.17) is 4.74 Å². The van der Waals surface area contributed by atoms with Crippen molar-refractivity contribution in [3.8, 4) is 0 Å². The van der Waals surface area contributed by atoms with Crippen LogP contribution in [0.2, 0.25) is 0 Å². The highest BCUT2D eigenvalue weighted by atomic mass is 32.2. The number of piperazine rings is 1. The number of alkyl carbamates (subject to hydrolysis) is 1. The van der Waals surface area contributed by atoms with Gasteiger partial charge in [0.05, 0.1) is 4.90 Å². The normalized spacial score (nSPS) is 15.7. The molecular formula is C19H30N4O5S. The average molecular weight is 427 g/mol. The lowest BCUT2D eigenvalue weighted by molar-refractivity contribution is 0.0528. The van der Waals surface area contributed by atoms with Crippen LogP contribution in [0, 0.1) is 6.92 Å². The van der Waals surface area contributed by atoms with Crippen LogP contribution in [-0.4, -0.2) is 74.6 Å². The summed E-state index contributed by atoms with van der Waals surface area (Å²) >= 11 is 0. The second-order valence-corrected chi connectivity index (χ2v) is 9.80. The number of rotatable bonds is 5. The van der Waals surface area contributed by atoms with Crippen LogP contribution in [0.3, 0.4) is 0 Å². The molecule has 10 heteroatoms. The minimum absolute atomic E-state index is 0.236. The molecular weight excluding hydrogens is 396 g/mol. The summed E-state index contributed by atoms with van der Waals surface area (Å²) in [7, 11) is -3.56. The fourth-order valence-electron chi connectivity index (χ4n) is 2.75. The van der Waals surface area contributed by atoms with Crippen LogP contribution < -0.4 is 10.6 Å². The first-order chi connectivity index (χ1) is 13.5. The lowest BCUT2D eigenvalue weighted by Crippen LogP contribution is -2.53. The largest absolute Gasteiger partial charge is 0.444 e. The van der Waals surface area contributed by atoms with E-state index >= 15 is 0 Å². The van der Waals surface area contributed by atoms with Crippen LogP contribution in [0.15, 0.2) is 29.2 Å². The third-order valence-electron chi connectivity index (χ3n) is 4.25. The number of nitrogens with zero attached hydrogens (tertiary/aromatic N) is 2. The van der Waals surface area contributed by atoms with Gasteiger partial charge in [-0.05, 0) is 39.8 Å². The predicted octanol–water partition coefficient (Wildman–Crippen LogP) is 1.54. The summed E-state index contributed by atoms with van der Waals surface area (Å²) in [6.07, 6.45) is -0.540. The third kappa shape index (κ3) is 6.90. The van der Waals surface area contributed by atoms with E-state index in [1.807, 2.05) is 6.92 Å². The summed E-state index contributed by atoms with van der Waals surface area (Å²) in [5, 5.41) is 5.28. The molecule has 0 spiro atoms. The fourth-order valence-corrected chi connectivity index (χ4v) is 4.17. The van der Waals surface area contributed by atoms with Gasteiger partial charge in [0.1, 0.15) is 5.60 Å². The van der Waals surface area contributed by atoms with E-state index in [1.165, 1.54) is 4.31 Å². The Morgan fingerprint density at radius 2 is 1.55 bits per heavy atom. The molecule has 0 bridgehead atoms. The van der Waals surface area contributed by atoms with Gasteiger partial charge < -0.3 is 20.3 Å². The van der Waals surface area contributed by atoms with Crippen LogP contribution in [0.5, 0.6) is 0 Å². The number of aryl methyl sites for hydroxylation is 1. The van der Waals surface area contributed by atoms with E-state index in [2.05, 4.69) is 10.6 Å². The monoisotopic (exact) mass is 426 g/mol. The maximum atomic E-state index is 12.7. The summed E-state index contributed by atoms with van der Waals surface area (Å²) in [6, 6.07) is 6.44. The van der Waals surface area contributed by atoms with Gasteiger partial charge >= 0.3 is 12.1 Å². The molecule has 1 aromatic carbocycles. The molecule has 0 aliphatic carbocycles. The van der Waals surface area contributed by atoms with Crippen molar-refractivity contribution in [2.24, 2.45) is 0 Å². The number of carbonyl (C=O) groups is 2. The Kier molecular flexibility index (Phi) is 7.48. The number of urea groups is 1. The van der Waals surface area contributed by atoms with E-state index in [1.54, 1.807) is 49.9 Å². The zero-order valence-corrected chi connectivity index (χ0v) is 18.2. The highest BCUT2D eigenvalue weighted by Gasteiger charge is 2.30. The molecule has 29 heavy (non-hydrogen) atoms. The number of benzene rings is 1. The van der Waals surface area contributed by atoms with Crippen molar-refractivity contribution in [1.82, 2.24) is 19.8 Å².